The fourth-order valence-electron chi connectivity index (χ4n) is 3.60. The Labute approximate surface area is 205 Å². The van der Waals surface area contributed by atoms with E-state index >= 15 is 0 Å². The molecule has 9 heteroatoms. The van der Waals surface area contributed by atoms with Gasteiger partial charge in [0.2, 0.25) is 15.9 Å². The highest BCUT2D eigenvalue weighted by Gasteiger charge is 2.25. The lowest BCUT2D eigenvalue weighted by Crippen LogP contribution is -2.49. The lowest BCUT2D eigenvalue weighted by molar-refractivity contribution is -0.122. The van der Waals surface area contributed by atoms with Crippen LogP contribution in [0.5, 0.6) is 0 Å². The number of nitrogens with one attached hydrogen (secondary N) is 2. The highest BCUT2D eigenvalue weighted by Crippen LogP contribution is 2.13. The van der Waals surface area contributed by atoms with Crippen LogP contribution in [0.2, 0.25) is 0 Å². The van der Waals surface area contributed by atoms with Crippen molar-refractivity contribution in [2.75, 3.05) is 31.9 Å². The Hall–Kier alpha value is -1.55. The van der Waals surface area contributed by atoms with Crippen molar-refractivity contribution in [2.24, 2.45) is 5.92 Å². The van der Waals surface area contributed by atoms with Crippen molar-refractivity contribution in [2.45, 2.75) is 78.9 Å². The third-order valence-corrected chi connectivity index (χ3v) is 7.55. The number of aryl methyl sites for hydroxylation is 1. The van der Waals surface area contributed by atoms with Crippen LogP contribution < -0.4 is 10.6 Å². The highest BCUT2D eigenvalue weighted by atomic mass is 32.2. The maximum absolute atomic E-state index is 14.0. The minimum absolute atomic E-state index is 0.196. The van der Waals surface area contributed by atoms with Crippen molar-refractivity contribution in [3.63, 3.8) is 0 Å². The average Bonchev–Trinajstić information content (AvgIpc) is 2.77. The molecule has 1 aromatic rings. The van der Waals surface area contributed by atoms with Crippen LogP contribution in [-0.2, 0) is 21.2 Å². The molecule has 3 N–H and O–H groups in total. The first-order valence-electron chi connectivity index (χ1n) is 12.4. The number of rotatable bonds is 17. The summed E-state index contributed by atoms with van der Waals surface area (Å²) >= 11 is 0. The number of nitrogens with zero attached hydrogens (tertiary/aromatic N) is 1. The van der Waals surface area contributed by atoms with Gasteiger partial charge in [-0.1, -0.05) is 39.8 Å². The summed E-state index contributed by atoms with van der Waals surface area (Å²) in [5.74, 6) is -0.550. The number of halogens is 1. The maximum atomic E-state index is 14.0. The van der Waals surface area contributed by atoms with Gasteiger partial charge in [0.25, 0.3) is 0 Å². The molecule has 0 spiro atoms. The van der Waals surface area contributed by atoms with Crippen molar-refractivity contribution in [1.29, 1.82) is 0 Å². The summed E-state index contributed by atoms with van der Waals surface area (Å²) < 4.78 is 40.8. The van der Waals surface area contributed by atoms with Crippen molar-refractivity contribution in [3.8, 4) is 0 Å². The zero-order valence-corrected chi connectivity index (χ0v) is 22.3. The minimum atomic E-state index is -3.54. The van der Waals surface area contributed by atoms with Gasteiger partial charge in [0.1, 0.15) is 5.82 Å². The van der Waals surface area contributed by atoms with Gasteiger partial charge < -0.3 is 15.7 Å². The van der Waals surface area contributed by atoms with E-state index in [1.54, 1.807) is 19.1 Å². The molecule has 0 saturated carbocycles. The first-order chi connectivity index (χ1) is 16.0. The number of benzene rings is 1. The molecule has 0 aliphatic heterocycles. The molecule has 2 atom stereocenters. The van der Waals surface area contributed by atoms with E-state index in [1.807, 2.05) is 13.8 Å². The van der Waals surface area contributed by atoms with Crippen LogP contribution in [0, 0.1) is 18.7 Å². The number of carbonyl (C=O) groups is 1. The van der Waals surface area contributed by atoms with Crippen LogP contribution in [-0.4, -0.2) is 67.8 Å². The predicted molar refractivity (Wildman–Crippen MR) is 136 cm³/mol. The number of hydrogen-bond donors (Lipinski definition) is 3. The van der Waals surface area contributed by atoms with Crippen molar-refractivity contribution in [1.82, 2.24) is 14.9 Å². The number of hydrogen-bond acceptors (Lipinski definition) is 5. The van der Waals surface area contributed by atoms with Crippen molar-refractivity contribution >= 4 is 15.9 Å². The third-order valence-electron chi connectivity index (χ3n) is 5.68. The number of aliphatic hydroxyl groups excluding tert-OH is 1. The van der Waals surface area contributed by atoms with Crippen molar-refractivity contribution < 1.29 is 22.7 Å². The molecule has 1 aromatic carbocycles. The Bertz CT molecular complexity index is 843. The van der Waals surface area contributed by atoms with Crippen LogP contribution in [0.3, 0.4) is 0 Å². The second-order valence-corrected chi connectivity index (χ2v) is 11.5. The van der Waals surface area contributed by atoms with Gasteiger partial charge in [-0.15, -0.1) is 0 Å². The topological polar surface area (TPSA) is 98.7 Å². The molecule has 0 fully saturated rings. The van der Waals surface area contributed by atoms with Crippen molar-refractivity contribution in [3.05, 3.63) is 35.1 Å². The van der Waals surface area contributed by atoms with E-state index < -0.39 is 28.1 Å². The maximum Gasteiger partial charge on any atom is 0.221 e. The second kappa shape index (κ2) is 15.4. The minimum Gasteiger partial charge on any atom is -0.390 e. The van der Waals surface area contributed by atoms with Gasteiger partial charge in [0, 0.05) is 26.1 Å². The Morgan fingerprint density at radius 3 is 2.38 bits per heavy atom. The summed E-state index contributed by atoms with van der Waals surface area (Å²) in [6.45, 7) is 11.6. The van der Waals surface area contributed by atoms with Gasteiger partial charge in [0.15, 0.2) is 0 Å². The zero-order valence-electron chi connectivity index (χ0n) is 21.4. The van der Waals surface area contributed by atoms with Crippen LogP contribution >= 0.6 is 0 Å². The molecule has 0 heterocycles. The summed E-state index contributed by atoms with van der Waals surface area (Å²) in [7, 11) is -3.54. The van der Waals surface area contributed by atoms with Gasteiger partial charge in [-0.05, 0) is 62.3 Å². The molecule has 0 saturated heterocycles. The molecule has 0 radical (unpaired) electrons. The third kappa shape index (κ3) is 11.3. The van der Waals surface area contributed by atoms with Gasteiger partial charge in [-0.25, -0.2) is 17.1 Å². The first kappa shape index (κ1) is 30.5. The fraction of sp³-hybridized carbons (Fsp3) is 0.720. The number of aliphatic hydroxyl groups is 1. The molecule has 7 nitrogen and oxygen atoms in total. The molecule has 1 rings (SSSR count). The number of amides is 1. The largest absolute Gasteiger partial charge is 0.390 e. The molecular formula is C25H44FN3O4S. The molecule has 0 aromatic heterocycles. The van der Waals surface area contributed by atoms with Crippen LogP contribution in [0.25, 0.3) is 0 Å². The molecule has 0 aliphatic rings. The average molecular weight is 502 g/mol. The summed E-state index contributed by atoms with van der Waals surface area (Å²) in [6.07, 6.45) is 1.50. The number of carbonyl (C=O) groups excluding carboxylic acids is 1. The Morgan fingerprint density at radius 2 is 1.82 bits per heavy atom. The van der Waals surface area contributed by atoms with E-state index in [-0.39, 0.29) is 31.0 Å². The highest BCUT2D eigenvalue weighted by molar-refractivity contribution is 7.89. The van der Waals surface area contributed by atoms with Crippen LogP contribution in [0.15, 0.2) is 18.2 Å². The normalized spacial score (nSPS) is 13.9. The Balaban J connectivity index is 2.83. The monoisotopic (exact) mass is 501 g/mol. The molecule has 34 heavy (non-hydrogen) atoms. The molecule has 0 aliphatic carbocycles. The summed E-state index contributed by atoms with van der Waals surface area (Å²) in [5.41, 5.74) is 1.17. The lowest BCUT2D eigenvalue weighted by Gasteiger charge is -2.26. The molecule has 0 unspecified atom stereocenters. The molecular weight excluding hydrogens is 457 g/mol. The van der Waals surface area contributed by atoms with Gasteiger partial charge >= 0.3 is 0 Å². The smallest absolute Gasteiger partial charge is 0.221 e. The fourth-order valence-corrected chi connectivity index (χ4v) is 5.23. The quantitative estimate of drug-likeness (QED) is 0.285. The van der Waals surface area contributed by atoms with E-state index in [0.29, 0.717) is 43.0 Å². The van der Waals surface area contributed by atoms with E-state index in [0.717, 1.165) is 13.0 Å². The van der Waals surface area contributed by atoms with Crippen LogP contribution in [0.1, 0.15) is 64.5 Å². The lowest BCUT2D eigenvalue weighted by atomic mass is 9.99. The zero-order chi connectivity index (χ0) is 25.7. The Morgan fingerprint density at radius 1 is 1.18 bits per heavy atom. The van der Waals surface area contributed by atoms with E-state index in [4.69, 9.17) is 0 Å². The van der Waals surface area contributed by atoms with Crippen LogP contribution in [0.4, 0.5) is 4.39 Å². The van der Waals surface area contributed by atoms with Gasteiger partial charge in [0.05, 0.1) is 17.9 Å². The summed E-state index contributed by atoms with van der Waals surface area (Å²) in [5, 5.41) is 16.8. The molecule has 0 bridgehead atoms. The van der Waals surface area contributed by atoms with Gasteiger partial charge in [-0.2, -0.15) is 0 Å². The number of sulfonamides is 1. The van der Waals surface area contributed by atoms with E-state index in [2.05, 4.69) is 24.5 Å². The first-order valence-corrected chi connectivity index (χ1v) is 14.0. The SMILES string of the molecule is CCCN(CCC)S(=O)(=O)CCC(=O)N[C@@H](Cc1ccc(C)c(F)c1)[C@H](O)CNCCC(C)C. The second-order valence-electron chi connectivity index (χ2n) is 9.38. The summed E-state index contributed by atoms with van der Waals surface area (Å²) in [6, 6.07) is 4.17. The van der Waals surface area contributed by atoms with Gasteiger partial charge in [-0.3, -0.25) is 4.79 Å². The molecule has 1 amide bonds. The van der Waals surface area contributed by atoms with E-state index in [9.17, 15) is 22.7 Å². The molecule has 196 valence electrons. The predicted octanol–water partition coefficient (Wildman–Crippen LogP) is 3.00. The Kier molecular flexibility index (Phi) is 13.8. The van der Waals surface area contributed by atoms with E-state index in [1.165, 1.54) is 10.4 Å². The summed E-state index contributed by atoms with van der Waals surface area (Å²) in [4.78, 5) is 12.7. The standard InChI is InChI=1S/C25H44FN3O4S/c1-6-13-29(14-7-2)34(32,33)15-11-25(31)28-23(24(30)18-27-12-10-19(3)4)17-21-9-8-20(5)22(26)16-21/h8-9,16,19,23-24,27,30H,6-7,10-15,17-18H2,1-5H3,(H,28,31)/t23-,24+/m0/s1.